The van der Waals surface area contributed by atoms with Crippen LogP contribution in [0.4, 0.5) is 14.5 Å². The van der Waals surface area contributed by atoms with E-state index in [2.05, 4.69) is 0 Å². The van der Waals surface area contributed by atoms with Gasteiger partial charge in [-0.2, -0.15) is 0 Å². The number of carbonyl (C=O) groups is 2. The summed E-state index contributed by atoms with van der Waals surface area (Å²) in [6, 6.07) is 9.79. The SMILES string of the molecule is O=C1C(=O)N(c2ccc(F)c(F)c2)C(c2ccco2)/C1=C(/O)c1ccc2c(c1)CCO2. The Hall–Kier alpha value is -3.94. The number of rotatable bonds is 3. The molecule has 2 aliphatic rings. The van der Waals surface area contributed by atoms with Gasteiger partial charge in [-0.05, 0) is 48.0 Å². The summed E-state index contributed by atoms with van der Waals surface area (Å²) in [5.41, 5.74) is 0.963. The van der Waals surface area contributed by atoms with Gasteiger partial charge in [-0.1, -0.05) is 0 Å². The molecule has 5 rings (SSSR count). The number of ketones is 1. The molecule has 1 atom stereocenters. The number of nitrogens with zero attached hydrogens (tertiary/aromatic N) is 1. The predicted octanol–water partition coefficient (Wildman–Crippen LogP) is 4.12. The number of amides is 1. The summed E-state index contributed by atoms with van der Waals surface area (Å²) < 4.78 is 38.2. The molecule has 1 unspecified atom stereocenters. The minimum atomic E-state index is -1.17. The average Bonchev–Trinajstić information content (AvgIpc) is 3.50. The van der Waals surface area contributed by atoms with Gasteiger partial charge in [0.25, 0.3) is 11.7 Å². The van der Waals surface area contributed by atoms with Gasteiger partial charge in [0.2, 0.25) is 0 Å². The highest BCUT2D eigenvalue weighted by molar-refractivity contribution is 6.51. The van der Waals surface area contributed by atoms with Gasteiger partial charge < -0.3 is 14.3 Å². The average molecular weight is 423 g/mol. The second-order valence-corrected chi connectivity index (χ2v) is 7.20. The molecule has 2 aliphatic heterocycles. The Labute approximate surface area is 175 Å². The Morgan fingerprint density at radius 1 is 1.06 bits per heavy atom. The van der Waals surface area contributed by atoms with E-state index in [0.29, 0.717) is 24.3 Å². The Balaban J connectivity index is 1.69. The van der Waals surface area contributed by atoms with E-state index in [1.807, 2.05) is 0 Å². The molecule has 31 heavy (non-hydrogen) atoms. The monoisotopic (exact) mass is 423 g/mol. The van der Waals surface area contributed by atoms with Crippen LogP contribution in [-0.2, 0) is 16.0 Å². The summed E-state index contributed by atoms with van der Waals surface area (Å²) in [5.74, 6) is -3.71. The van der Waals surface area contributed by atoms with Crippen LogP contribution in [0.2, 0.25) is 0 Å². The third-order valence-corrected chi connectivity index (χ3v) is 5.40. The summed E-state index contributed by atoms with van der Waals surface area (Å²) in [4.78, 5) is 26.8. The zero-order chi connectivity index (χ0) is 21.7. The van der Waals surface area contributed by atoms with Gasteiger partial charge in [0.05, 0.1) is 18.4 Å². The van der Waals surface area contributed by atoms with E-state index in [0.717, 1.165) is 22.6 Å². The molecule has 0 spiro atoms. The van der Waals surface area contributed by atoms with Crippen LogP contribution in [0, 0.1) is 11.6 Å². The molecule has 6 nitrogen and oxygen atoms in total. The Bertz CT molecular complexity index is 1250. The fraction of sp³-hybridized carbons (Fsp3) is 0.130. The number of anilines is 1. The largest absolute Gasteiger partial charge is 0.507 e. The zero-order valence-corrected chi connectivity index (χ0v) is 16.0. The first-order valence-electron chi connectivity index (χ1n) is 9.51. The van der Waals surface area contributed by atoms with E-state index >= 15 is 0 Å². The smallest absolute Gasteiger partial charge is 0.300 e. The van der Waals surface area contributed by atoms with Gasteiger partial charge in [-0.3, -0.25) is 14.5 Å². The number of hydrogen-bond acceptors (Lipinski definition) is 5. The van der Waals surface area contributed by atoms with Gasteiger partial charge in [0.1, 0.15) is 23.3 Å². The standard InChI is InChI=1S/C23H15F2NO5/c24-15-5-4-14(11-16(15)25)26-20(18-2-1-8-30-18)19(22(28)23(26)29)21(27)13-3-6-17-12(10-13)7-9-31-17/h1-6,8,10-11,20,27H,7,9H2/b21-19-. The van der Waals surface area contributed by atoms with Crippen LogP contribution in [0.15, 0.2) is 64.8 Å². The highest BCUT2D eigenvalue weighted by Gasteiger charge is 2.48. The molecule has 1 saturated heterocycles. The summed E-state index contributed by atoms with van der Waals surface area (Å²) in [6.07, 6.45) is 2.01. The van der Waals surface area contributed by atoms with Crippen LogP contribution >= 0.6 is 0 Å². The number of ether oxygens (including phenoxy) is 1. The van der Waals surface area contributed by atoms with E-state index in [-0.39, 0.29) is 22.8 Å². The minimum Gasteiger partial charge on any atom is -0.507 e. The minimum absolute atomic E-state index is 0.0381. The zero-order valence-electron chi connectivity index (χ0n) is 16.0. The van der Waals surface area contributed by atoms with Crippen molar-refractivity contribution in [1.82, 2.24) is 0 Å². The lowest BCUT2D eigenvalue weighted by Crippen LogP contribution is -2.29. The molecule has 0 saturated carbocycles. The van der Waals surface area contributed by atoms with E-state index < -0.39 is 29.4 Å². The topological polar surface area (TPSA) is 80.0 Å². The van der Waals surface area contributed by atoms with E-state index in [1.165, 1.54) is 18.4 Å². The molecule has 1 fully saturated rings. The molecule has 1 N–H and O–H groups in total. The molecule has 0 radical (unpaired) electrons. The molecule has 0 aliphatic carbocycles. The van der Waals surface area contributed by atoms with Crippen molar-refractivity contribution in [1.29, 1.82) is 0 Å². The van der Waals surface area contributed by atoms with Crippen LogP contribution in [0.3, 0.4) is 0 Å². The summed E-state index contributed by atoms with van der Waals surface area (Å²) >= 11 is 0. The first-order valence-corrected chi connectivity index (χ1v) is 9.51. The van der Waals surface area contributed by atoms with E-state index in [4.69, 9.17) is 9.15 Å². The van der Waals surface area contributed by atoms with Gasteiger partial charge in [0, 0.05) is 23.7 Å². The number of carbonyl (C=O) groups excluding carboxylic acids is 2. The summed E-state index contributed by atoms with van der Waals surface area (Å²) in [7, 11) is 0. The predicted molar refractivity (Wildman–Crippen MR) is 105 cm³/mol. The van der Waals surface area contributed by atoms with Crippen molar-refractivity contribution in [2.24, 2.45) is 0 Å². The van der Waals surface area contributed by atoms with Crippen molar-refractivity contribution in [3.05, 3.63) is 88.9 Å². The van der Waals surface area contributed by atoms with Crippen molar-refractivity contribution >= 4 is 23.1 Å². The maximum Gasteiger partial charge on any atom is 0.300 e. The number of furan rings is 1. The second kappa shape index (κ2) is 7.09. The number of aliphatic hydroxyl groups excluding tert-OH is 1. The van der Waals surface area contributed by atoms with Gasteiger partial charge in [-0.15, -0.1) is 0 Å². The van der Waals surface area contributed by atoms with Gasteiger partial charge in [0.15, 0.2) is 11.6 Å². The Morgan fingerprint density at radius 3 is 2.65 bits per heavy atom. The van der Waals surface area contributed by atoms with Gasteiger partial charge >= 0.3 is 0 Å². The normalized spacial score (nSPS) is 19.5. The molecule has 3 heterocycles. The van der Waals surface area contributed by atoms with Gasteiger partial charge in [-0.25, -0.2) is 8.78 Å². The van der Waals surface area contributed by atoms with Crippen molar-refractivity contribution in [3.8, 4) is 5.75 Å². The quantitative estimate of drug-likeness (QED) is 0.390. The Kier molecular flexibility index (Phi) is 4.35. The van der Waals surface area contributed by atoms with Crippen LogP contribution in [0.25, 0.3) is 5.76 Å². The maximum absolute atomic E-state index is 13.9. The number of aliphatic hydroxyl groups is 1. The molecule has 8 heteroatoms. The number of fused-ring (bicyclic) bond motifs is 1. The molecular formula is C23H15F2NO5. The number of benzene rings is 2. The van der Waals surface area contributed by atoms with Crippen LogP contribution < -0.4 is 9.64 Å². The van der Waals surface area contributed by atoms with Crippen LogP contribution in [0.5, 0.6) is 5.75 Å². The molecular weight excluding hydrogens is 408 g/mol. The molecule has 3 aromatic rings. The third kappa shape index (κ3) is 2.99. The van der Waals surface area contributed by atoms with Crippen molar-refractivity contribution in [2.75, 3.05) is 11.5 Å². The van der Waals surface area contributed by atoms with E-state index in [9.17, 15) is 23.5 Å². The number of hydrogen-bond donors (Lipinski definition) is 1. The highest BCUT2D eigenvalue weighted by Crippen LogP contribution is 2.43. The fourth-order valence-corrected chi connectivity index (χ4v) is 3.94. The number of halogens is 2. The lowest BCUT2D eigenvalue weighted by molar-refractivity contribution is -0.132. The van der Waals surface area contributed by atoms with Crippen molar-refractivity contribution in [2.45, 2.75) is 12.5 Å². The summed E-state index contributed by atoms with van der Waals surface area (Å²) in [6.45, 7) is 0.520. The molecule has 1 aromatic heterocycles. The summed E-state index contributed by atoms with van der Waals surface area (Å²) in [5, 5.41) is 11.0. The molecule has 2 aromatic carbocycles. The maximum atomic E-state index is 13.9. The van der Waals surface area contributed by atoms with Crippen molar-refractivity contribution in [3.63, 3.8) is 0 Å². The Morgan fingerprint density at radius 2 is 1.90 bits per heavy atom. The second-order valence-electron chi connectivity index (χ2n) is 7.20. The first kappa shape index (κ1) is 19.0. The van der Waals surface area contributed by atoms with Crippen molar-refractivity contribution < 1.29 is 32.6 Å². The van der Waals surface area contributed by atoms with Crippen LogP contribution in [0.1, 0.15) is 22.9 Å². The lowest BCUT2D eigenvalue weighted by atomic mass is 9.98. The first-order chi connectivity index (χ1) is 15.0. The fourth-order valence-electron chi connectivity index (χ4n) is 3.94. The molecule has 1 amide bonds. The lowest BCUT2D eigenvalue weighted by Gasteiger charge is -2.23. The van der Waals surface area contributed by atoms with Crippen LogP contribution in [-0.4, -0.2) is 23.4 Å². The highest BCUT2D eigenvalue weighted by atomic mass is 19.2. The third-order valence-electron chi connectivity index (χ3n) is 5.40. The number of Topliss-reactive ketones (excluding diaryl/α,β-unsaturated/α-hetero) is 1. The molecule has 156 valence electrons. The molecule has 0 bridgehead atoms. The van der Waals surface area contributed by atoms with E-state index in [1.54, 1.807) is 24.3 Å².